The van der Waals surface area contributed by atoms with Gasteiger partial charge in [0.05, 0.1) is 27.8 Å². The van der Waals surface area contributed by atoms with Crippen LogP contribution >= 0.6 is 0 Å². The van der Waals surface area contributed by atoms with Gasteiger partial charge in [-0.2, -0.15) is 0 Å². The van der Waals surface area contributed by atoms with Crippen molar-refractivity contribution in [2.24, 2.45) is 0 Å². The molecule has 0 aliphatic rings. The van der Waals surface area contributed by atoms with Crippen molar-refractivity contribution in [3.63, 3.8) is 0 Å². The van der Waals surface area contributed by atoms with Crippen LogP contribution in [0.15, 0.2) is 121 Å². The normalized spacial score (nSPS) is 11.6. The van der Waals surface area contributed by atoms with E-state index in [9.17, 15) is 0 Å². The lowest BCUT2D eigenvalue weighted by Crippen LogP contribution is -2.00. The summed E-state index contributed by atoms with van der Waals surface area (Å²) in [4.78, 5) is 5.05. The summed E-state index contributed by atoms with van der Waals surface area (Å²) >= 11 is 0. The molecule has 0 amide bonds. The zero-order valence-electron chi connectivity index (χ0n) is 19.4. The van der Waals surface area contributed by atoms with Crippen LogP contribution < -0.4 is 0 Å². The number of aromatic nitrogens is 3. The fourth-order valence-corrected chi connectivity index (χ4v) is 5.24. The van der Waals surface area contributed by atoms with E-state index in [2.05, 4.69) is 131 Å². The van der Waals surface area contributed by atoms with Gasteiger partial charge in [0.2, 0.25) is 0 Å². The zero-order valence-corrected chi connectivity index (χ0v) is 19.4. The van der Waals surface area contributed by atoms with Crippen molar-refractivity contribution in [2.75, 3.05) is 0 Å². The van der Waals surface area contributed by atoms with Gasteiger partial charge in [0, 0.05) is 22.0 Å². The van der Waals surface area contributed by atoms with Crippen LogP contribution in [0.25, 0.3) is 55.6 Å². The molecule has 0 saturated carbocycles. The van der Waals surface area contributed by atoms with Crippen LogP contribution in [-0.4, -0.2) is 14.1 Å². The first-order chi connectivity index (χ1) is 17.3. The summed E-state index contributed by atoms with van der Waals surface area (Å²) in [7, 11) is 0. The fourth-order valence-electron chi connectivity index (χ4n) is 5.24. The second kappa shape index (κ2) is 7.71. The first-order valence-electron chi connectivity index (χ1n) is 11.9. The maximum Gasteiger partial charge on any atom is 0.145 e. The Kier molecular flexibility index (Phi) is 4.36. The molecule has 5 aromatic carbocycles. The predicted octanol–water partition coefficient (Wildman–Crippen LogP) is 8.10. The molecule has 0 atom stereocenters. The molecule has 3 nitrogen and oxygen atoms in total. The number of rotatable bonds is 3. The number of aryl methyl sites for hydroxylation is 1. The molecule has 0 N–H and O–H groups in total. The van der Waals surface area contributed by atoms with Gasteiger partial charge in [0.1, 0.15) is 5.82 Å². The highest BCUT2D eigenvalue weighted by atomic mass is 15.1. The second-order valence-corrected chi connectivity index (χ2v) is 8.96. The molecule has 3 heteroatoms. The van der Waals surface area contributed by atoms with Gasteiger partial charge < -0.3 is 4.57 Å². The highest BCUT2D eigenvalue weighted by Crippen LogP contribution is 2.34. The number of nitrogens with zero attached hydrogens (tertiary/aromatic N) is 3. The molecule has 7 rings (SSSR count). The maximum absolute atomic E-state index is 5.05. The van der Waals surface area contributed by atoms with Gasteiger partial charge in [0.15, 0.2) is 0 Å². The Morgan fingerprint density at radius 2 is 1.09 bits per heavy atom. The summed E-state index contributed by atoms with van der Waals surface area (Å²) in [5, 5.41) is 2.54. The van der Waals surface area contributed by atoms with Gasteiger partial charge in [0.25, 0.3) is 0 Å². The molecule has 2 heterocycles. The Balaban J connectivity index is 1.43. The standard InChI is InChI=1S/C32H23N3/c1-22-10-2-6-14-28(22)35-31-17-9-5-13-27(31)33-32(35)23-18-20-24(21-19-23)34-29-15-7-3-11-25(29)26-12-4-8-16-30(26)34/h2-21H,1H3. The molecule has 7 aromatic rings. The second-order valence-electron chi connectivity index (χ2n) is 8.96. The molecule has 0 aliphatic carbocycles. The third kappa shape index (κ3) is 3.02. The van der Waals surface area contributed by atoms with E-state index in [0.29, 0.717) is 0 Å². The van der Waals surface area contributed by atoms with E-state index in [4.69, 9.17) is 4.98 Å². The molecular weight excluding hydrogens is 426 g/mol. The van der Waals surface area contributed by atoms with Crippen LogP contribution in [-0.2, 0) is 0 Å². The largest absolute Gasteiger partial charge is 0.309 e. The van der Waals surface area contributed by atoms with Crippen LogP contribution in [0, 0.1) is 6.92 Å². The molecule has 0 bridgehead atoms. The van der Waals surface area contributed by atoms with E-state index in [-0.39, 0.29) is 0 Å². The molecule has 0 fully saturated rings. The van der Waals surface area contributed by atoms with Crippen LogP contribution in [0.3, 0.4) is 0 Å². The summed E-state index contributed by atoms with van der Waals surface area (Å²) in [6, 6.07) is 42.9. The van der Waals surface area contributed by atoms with Crippen LogP contribution in [0.2, 0.25) is 0 Å². The molecule has 0 unspecified atom stereocenters. The summed E-state index contributed by atoms with van der Waals surface area (Å²) in [6.45, 7) is 2.15. The lowest BCUT2D eigenvalue weighted by molar-refractivity contribution is 1.08. The van der Waals surface area contributed by atoms with Crippen molar-refractivity contribution in [2.45, 2.75) is 6.92 Å². The highest BCUT2D eigenvalue weighted by Gasteiger charge is 2.16. The Labute approximate surface area is 203 Å². The fraction of sp³-hybridized carbons (Fsp3) is 0.0312. The van der Waals surface area contributed by atoms with Crippen molar-refractivity contribution >= 4 is 32.8 Å². The molecule has 35 heavy (non-hydrogen) atoms. The Morgan fingerprint density at radius 1 is 0.514 bits per heavy atom. The molecule has 166 valence electrons. The first-order valence-corrected chi connectivity index (χ1v) is 11.9. The number of hydrogen-bond acceptors (Lipinski definition) is 1. The minimum atomic E-state index is 0.953. The Bertz CT molecular complexity index is 1800. The lowest BCUT2D eigenvalue weighted by atomic mass is 10.1. The highest BCUT2D eigenvalue weighted by molar-refractivity contribution is 6.09. The summed E-state index contributed by atoms with van der Waals surface area (Å²) in [6.07, 6.45) is 0. The summed E-state index contributed by atoms with van der Waals surface area (Å²) in [5.74, 6) is 0.953. The lowest BCUT2D eigenvalue weighted by Gasteiger charge is -2.13. The molecule has 0 spiro atoms. The quantitative estimate of drug-likeness (QED) is 0.267. The third-order valence-electron chi connectivity index (χ3n) is 6.88. The van der Waals surface area contributed by atoms with Crippen molar-refractivity contribution in [1.82, 2.24) is 14.1 Å². The number of imidazole rings is 1. The average Bonchev–Trinajstić information content (AvgIpc) is 3.45. The van der Waals surface area contributed by atoms with Gasteiger partial charge in [-0.1, -0.05) is 66.7 Å². The van der Waals surface area contributed by atoms with Crippen molar-refractivity contribution in [1.29, 1.82) is 0 Å². The van der Waals surface area contributed by atoms with E-state index in [1.807, 2.05) is 6.07 Å². The predicted molar refractivity (Wildman–Crippen MR) is 146 cm³/mol. The van der Waals surface area contributed by atoms with Gasteiger partial charge in [-0.15, -0.1) is 0 Å². The van der Waals surface area contributed by atoms with E-state index in [1.54, 1.807) is 0 Å². The Hall–Kier alpha value is -4.63. The van der Waals surface area contributed by atoms with Crippen LogP contribution in [0.1, 0.15) is 5.56 Å². The first kappa shape index (κ1) is 19.8. The number of para-hydroxylation sites is 5. The van der Waals surface area contributed by atoms with Crippen LogP contribution in [0.4, 0.5) is 0 Å². The third-order valence-corrected chi connectivity index (χ3v) is 6.88. The van der Waals surface area contributed by atoms with Gasteiger partial charge in [-0.05, 0) is 67.1 Å². The van der Waals surface area contributed by atoms with Crippen molar-refractivity contribution in [3.05, 3.63) is 127 Å². The van der Waals surface area contributed by atoms with Crippen molar-refractivity contribution in [3.8, 4) is 22.8 Å². The SMILES string of the molecule is Cc1ccccc1-n1c(-c2ccc(-n3c4ccccc4c4ccccc43)cc2)nc2ccccc21. The van der Waals surface area contributed by atoms with Crippen LogP contribution in [0.5, 0.6) is 0 Å². The van der Waals surface area contributed by atoms with Crippen molar-refractivity contribution < 1.29 is 0 Å². The molecule has 0 aliphatic heterocycles. The van der Waals surface area contributed by atoms with Gasteiger partial charge in [-0.3, -0.25) is 4.57 Å². The molecule has 0 saturated heterocycles. The monoisotopic (exact) mass is 449 g/mol. The topological polar surface area (TPSA) is 22.8 Å². The van der Waals surface area contributed by atoms with E-state index in [0.717, 1.165) is 33.8 Å². The van der Waals surface area contributed by atoms with E-state index >= 15 is 0 Å². The summed E-state index contributed by atoms with van der Waals surface area (Å²) in [5.41, 5.74) is 9.16. The minimum absolute atomic E-state index is 0.953. The maximum atomic E-state index is 5.05. The average molecular weight is 450 g/mol. The van der Waals surface area contributed by atoms with E-state index < -0.39 is 0 Å². The molecule has 2 aromatic heterocycles. The Morgan fingerprint density at radius 3 is 1.77 bits per heavy atom. The number of benzene rings is 5. The van der Waals surface area contributed by atoms with Gasteiger partial charge >= 0.3 is 0 Å². The number of fused-ring (bicyclic) bond motifs is 4. The molecule has 0 radical (unpaired) electrons. The minimum Gasteiger partial charge on any atom is -0.309 e. The number of hydrogen-bond donors (Lipinski definition) is 0. The zero-order chi connectivity index (χ0) is 23.4. The molecular formula is C32H23N3. The smallest absolute Gasteiger partial charge is 0.145 e. The summed E-state index contributed by atoms with van der Waals surface area (Å²) < 4.78 is 4.62. The van der Waals surface area contributed by atoms with Gasteiger partial charge in [-0.25, -0.2) is 4.98 Å². The van der Waals surface area contributed by atoms with E-state index in [1.165, 1.54) is 27.4 Å².